The lowest BCUT2D eigenvalue weighted by atomic mass is 9.98. The summed E-state index contributed by atoms with van der Waals surface area (Å²) < 4.78 is 1.94. The Kier molecular flexibility index (Phi) is 4.08. The lowest BCUT2D eigenvalue weighted by Crippen LogP contribution is -2.25. The van der Waals surface area contributed by atoms with Gasteiger partial charge < -0.3 is 4.57 Å². The van der Waals surface area contributed by atoms with Crippen LogP contribution in [0.2, 0.25) is 0 Å². The van der Waals surface area contributed by atoms with Crippen molar-refractivity contribution in [3.8, 4) is 0 Å². The van der Waals surface area contributed by atoms with Gasteiger partial charge in [0.25, 0.3) is 5.56 Å². The molecule has 2 aromatic rings. The monoisotopic (exact) mass is 257 g/mol. The van der Waals surface area contributed by atoms with E-state index in [1.54, 1.807) is 0 Å². The average molecular weight is 257 g/mol. The van der Waals surface area contributed by atoms with E-state index in [0.29, 0.717) is 12.0 Å². The molecule has 0 atom stereocenters. The predicted octanol–water partition coefficient (Wildman–Crippen LogP) is 4.49. The van der Waals surface area contributed by atoms with Gasteiger partial charge >= 0.3 is 0 Å². The summed E-state index contributed by atoms with van der Waals surface area (Å²) in [5.41, 5.74) is 1.41. The normalized spacial score (nSPS) is 11.7. The Morgan fingerprint density at radius 3 is 2.16 bits per heavy atom. The minimum Gasteiger partial charge on any atom is -0.312 e. The van der Waals surface area contributed by atoms with E-state index < -0.39 is 0 Å². The summed E-state index contributed by atoms with van der Waals surface area (Å²) in [7, 11) is 0. The topological polar surface area (TPSA) is 22.0 Å². The Morgan fingerprint density at radius 2 is 1.63 bits per heavy atom. The van der Waals surface area contributed by atoms with Crippen molar-refractivity contribution >= 4 is 10.8 Å². The maximum Gasteiger partial charge on any atom is 0.258 e. The van der Waals surface area contributed by atoms with Crippen LogP contribution in [0.5, 0.6) is 0 Å². The fourth-order valence-corrected chi connectivity index (χ4v) is 2.75. The van der Waals surface area contributed by atoms with Crippen molar-refractivity contribution in [2.45, 2.75) is 52.5 Å². The van der Waals surface area contributed by atoms with E-state index in [1.165, 1.54) is 5.56 Å². The number of benzene rings is 1. The van der Waals surface area contributed by atoms with Gasteiger partial charge in [0.05, 0.1) is 0 Å². The molecule has 0 bridgehead atoms. The number of fused-ring (bicyclic) bond motifs is 1. The Bertz CT molecular complexity index is 621. The van der Waals surface area contributed by atoms with Crippen molar-refractivity contribution in [1.29, 1.82) is 0 Å². The van der Waals surface area contributed by atoms with Gasteiger partial charge in [-0.05, 0) is 35.8 Å². The lowest BCUT2D eigenvalue weighted by Gasteiger charge is -2.20. The van der Waals surface area contributed by atoms with E-state index in [1.807, 2.05) is 22.8 Å². The van der Waals surface area contributed by atoms with Crippen LogP contribution < -0.4 is 5.56 Å². The highest BCUT2D eigenvalue weighted by molar-refractivity contribution is 5.85. The van der Waals surface area contributed by atoms with Gasteiger partial charge in [-0.15, -0.1) is 0 Å². The third kappa shape index (κ3) is 2.44. The van der Waals surface area contributed by atoms with Gasteiger partial charge in [-0.3, -0.25) is 4.79 Å². The van der Waals surface area contributed by atoms with Crippen LogP contribution in [-0.4, -0.2) is 4.57 Å². The van der Waals surface area contributed by atoms with Gasteiger partial charge in [-0.25, -0.2) is 0 Å². The molecule has 0 aliphatic heterocycles. The first-order valence-electron chi connectivity index (χ1n) is 7.23. The number of rotatable bonds is 4. The number of hydrogen-bond acceptors (Lipinski definition) is 1. The third-order valence-electron chi connectivity index (χ3n) is 3.94. The summed E-state index contributed by atoms with van der Waals surface area (Å²) >= 11 is 0. The van der Waals surface area contributed by atoms with Crippen molar-refractivity contribution in [3.05, 3.63) is 46.4 Å². The van der Waals surface area contributed by atoms with E-state index in [4.69, 9.17) is 0 Å². The molecule has 0 saturated heterocycles. The maximum absolute atomic E-state index is 12.6. The van der Waals surface area contributed by atoms with E-state index in [-0.39, 0.29) is 5.56 Å². The molecule has 0 radical (unpaired) electrons. The Morgan fingerprint density at radius 1 is 1.05 bits per heavy atom. The molecule has 0 fully saturated rings. The van der Waals surface area contributed by atoms with Gasteiger partial charge in [0.1, 0.15) is 0 Å². The van der Waals surface area contributed by atoms with Crippen molar-refractivity contribution < 1.29 is 0 Å². The largest absolute Gasteiger partial charge is 0.312 e. The van der Waals surface area contributed by atoms with E-state index in [2.05, 4.69) is 40.0 Å². The SMILES string of the molecule is CCC(CC)n1cc(C(C)C)c2ccccc2c1=O. The minimum absolute atomic E-state index is 0.147. The second-order valence-electron chi connectivity index (χ2n) is 5.47. The molecular weight excluding hydrogens is 234 g/mol. The van der Waals surface area contributed by atoms with Gasteiger partial charge in [0, 0.05) is 17.6 Å². The molecule has 19 heavy (non-hydrogen) atoms. The molecule has 0 amide bonds. The number of nitrogens with zero attached hydrogens (tertiary/aromatic N) is 1. The van der Waals surface area contributed by atoms with Crippen molar-refractivity contribution in [2.75, 3.05) is 0 Å². The predicted molar refractivity (Wildman–Crippen MR) is 81.9 cm³/mol. The minimum atomic E-state index is 0.147. The van der Waals surface area contributed by atoms with Gasteiger partial charge in [-0.1, -0.05) is 45.9 Å². The molecule has 0 aliphatic carbocycles. The summed E-state index contributed by atoms with van der Waals surface area (Å²) in [6.45, 7) is 8.66. The van der Waals surface area contributed by atoms with Crippen LogP contribution >= 0.6 is 0 Å². The molecule has 0 aliphatic rings. The van der Waals surface area contributed by atoms with E-state index >= 15 is 0 Å². The van der Waals surface area contributed by atoms with Crippen molar-refractivity contribution in [1.82, 2.24) is 4.57 Å². The Hall–Kier alpha value is -1.57. The highest BCUT2D eigenvalue weighted by Gasteiger charge is 2.14. The van der Waals surface area contributed by atoms with Crippen LogP contribution in [0.3, 0.4) is 0 Å². The highest BCUT2D eigenvalue weighted by atomic mass is 16.1. The first-order valence-corrected chi connectivity index (χ1v) is 7.23. The molecule has 0 saturated carbocycles. The molecule has 2 rings (SSSR count). The first kappa shape index (κ1) is 13.9. The molecule has 0 spiro atoms. The second kappa shape index (κ2) is 5.60. The van der Waals surface area contributed by atoms with Crippen LogP contribution in [-0.2, 0) is 0 Å². The molecule has 1 aromatic heterocycles. The first-order chi connectivity index (χ1) is 9.10. The van der Waals surface area contributed by atoms with Crippen LogP contribution in [0, 0.1) is 0 Å². The third-order valence-corrected chi connectivity index (χ3v) is 3.94. The fourth-order valence-electron chi connectivity index (χ4n) is 2.75. The van der Waals surface area contributed by atoms with Crippen LogP contribution in [0.4, 0.5) is 0 Å². The highest BCUT2D eigenvalue weighted by Crippen LogP contribution is 2.25. The molecule has 2 nitrogen and oxygen atoms in total. The second-order valence-corrected chi connectivity index (χ2v) is 5.47. The quantitative estimate of drug-likeness (QED) is 0.791. The van der Waals surface area contributed by atoms with Gasteiger partial charge in [0.15, 0.2) is 0 Å². The Labute approximate surface area is 115 Å². The lowest BCUT2D eigenvalue weighted by molar-refractivity contribution is 0.458. The fraction of sp³-hybridized carbons (Fsp3) is 0.471. The zero-order valence-electron chi connectivity index (χ0n) is 12.3. The summed E-state index contributed by atoms with van der Waals surface area (Å²) in [5.74, 6) is 0.422. The summed E-state index contributed by atoms with van der Waals surface area (Å²) in [5, 5.41) is 1.95. The Balaban J connectivity index is 2.80. The van der Waals surface area contributed by atoms with Gasteiger partial charge in [-0.2, -0.15) is 0 Å². The summed E-state index contributed by atoms with van der Waals surface area (Å²) in [6.07, 6.45) is 4.06. The molecule has 102 valence electrons. The van der Waals surface area contributed by atoms with Gasteiger partial charge in [0.2, 0.25) is 0 Å². The standard InChI is InChI=1S/C17H23NO/c1-5-13(6-2)18-11-16(12(3)4)14-9-7-8-10-15(14)17(18)19/h7-13H,5-6H2,1-4H3. The zero-order chi connectivity index (χ0) is 14.0. The molecule has 1 heterocycles. The average Bonchev–Trinajstić information content (AvgIpc) is 2.42. The maximum atomic E-state index is 12.6. The van der Waals surface area contributed by atoms with Crippen molar-refractivity contribution in [3.63, 3.8) is 0 Å². The molecule has 0 N–H and O–H groups in total. The molecule has 0 unspecified atom stereocenters. The zero-order valence-corrected chi connectivity index (χ0v) is 12.3. The number of aromatic nitrogens is 1. The number of hydrogen-bond donors (Lipinski definition) is 0. The number of pyridine rings is 1. The molecule has 2 heteroatoms. The van der Waals surface area contributed by atoms with Crippen LogP contribution in [0.1, 0.15) is 58.1 Å². The van der Waals surface area contributed by atoms with E-state index in [9.17, 15) is 4.79 Å². The summed E-state index contributed by atoms with van der Waals surface area (Å²) in [4.78, 5) is 12.6. The van der Waals surface area contributed by atoms with Crippen molar-refractivity contribution in [2.24, 2.45) is 0 Å². The van der Waals surface area contributed by atoms with Crippen LogP contribution in [0.25, 0.3) is 10.8 Å². The molecular formula is C17H23NO. The van der Waals surface area contributed by atoms with Crippen LogP contribution in [0.15, 0.2) is 35.3 Å². The smallest absolute Gasteiger partial charge is 0.258 e. The summed E-state index contributed by atoms with van der Waals surface area (Å²) in [6, 6.07) is 8.26. The van der Waals surface area contributed by atoms with E-state index in [0.717, 1.165) is 23.6 Å². The molecule has 1 aromatic carbocycles.